The van der Waals surface area contributed by atoms with Crippen LogP contribution in [0.25, 0.3) is 11.3 Å². The van der Waals surface area contributed by atoms with Gasteiger partial charge < -0.3 is 9.64 Å². The second kappa shape index (κ2) is 8.22. The maximum Gasteiger partial charge on any atom is 0.253 e. The van der Waals surface area contributed by atoms with Gasteiger partial charge in [0.1, 0.15) is 5.75 Å². The molecule has 0 spiro atoms. The Bertz CT molecular complexity index is 915. The zero-order chi connectivity index (χ0) is 19.3. The van der Waals surface area contributed by atoms with Crippen molar-refractivity contribution in [3.8, 4) is 17.0 Å². The molecule has 1 aromatic carbocycles. The van der Waals surface area contributed by atoms with Crippen molar-refractivity contribution in [1.82, 2.24) is 24.6 Å². The molecule has 144 valence electrons. The fourth-order valence-electron chi connectivity index (χ4n) is 3.40. The summed E-state index contributed by atoms with van der Waals surface area (Å²) in [4.78, 5) is 21.1. The van der Waals surface area contributed by atoms with E-state index in [1.807, 2.05) is 64.4 Å². The van der Waals surface area contributed by atoms with E-state index in [1.54, 1.807) is 13.3 Å². The lowest BCUT2D eigenvalue weighted by Gasteiger charge is -2.34. The number of carbonyl (C=O) groups is 1. The van der Waals surface area contributed by atoms with Crippen LogP contribution in [0.1, 0.15) is 10.4 Å². The summed E-state index contributed by atoms with van der Waals surface area (Å²) in [5.74, 6) is 0.822. The minimum atomic E-state index is 0.0671. The third kappa shape index (κ3) is 3.89. The van der Waals surface area contributed by atoms with Gasteiger partial charge in [0, 0.05) is 55.9 Å². The molecule has 0 bridgehead atoms. The summed E-state index contributed by atoms with van der Waals surface area (Å²) in [5.41, 5.74) is 2.79. The third-order valence-electron chi connectivity index (χ3n) is 5.00. The quantitative estimate of drug-likeness (QED) is 0.683. The Hall–Kier alpha value is -3.19. The molecule has 0 radical (unpaired) electrons. The minimum absolute atomic E-state index is 0.0671. The first kappa shape index (κ1) is 18.2. The normalized spacial score (nSPS) is 14.8. The summed E-state index contributed by atoms with van der Waals surface area (Å²) < 4.78 is 7.14. The fraction of sp³-hybridized carbons (Fsp3) is 0.286. The van der Waals surface area contributed by atoms with E-state index in [2.05, 4.69) is 15.0 Å². The number of methoxy groups -OCH3 is 1. The number of benzene rings is 1. The SMILES string of the molecule is COc1ccc(C(=O)N2CCN(Cn3nccc3-c3cccnc3)CC2)cc1. The molecule has 3 aromatic rings. The van der Waals surface area contributed by atoms with E-state index in [1.165, 1.54) is 0 Å². The highest BCUT2D eigenvalue weighted by atomic mass is 16.5. The summed E-state index contributed by atoms with van der Waals surface area (Å²) in [6, 6.07) is 13.2. The lowest BCUT2D eigenvalue weighted by Crippen LogP contribution is -2.49. The topological polar surface area (TPSA) is 63.5 Å². The molecule has 0 atom stereocenters. The summed E-state index contributed by atoms with van der Waals surface area (Å²) in [5, 5.41) is 4.46. The van der Waals surface area contributed by atoms with Crippen molar-refractivity contribution in [3.05, 3.63) is 66.6 Å². The van der Waals surface area contributed by atoms with Gasteiger partial charge in [0.2, 0.25) is 0 Å². The zero-order valence-electron chi connectivity index (χ0n) is 15.9. The molecule has 7 nitrogen and oxygen atoms in total. The second-order valence-corrected chi connectivity index (χ2v) is 6.74. The third-order valence-corrected chi connectivity index (χ3v) is 5.00. The van der Waals surface area contributed by atoms with Gasteiger partial charge in [-0.3, -0.25) is 19.4 Å². The van der Waals surface area contributed by atoms with Crippen molar-refractivity contribution < 1.29 is 9.53 Å². The van der Waals surface area contributed by atoms with Crippen LogP contribution in [0.4, 0.5) is 0 Å². The molecule has 1 fully saturated rings. The Labute approximate surface area is 164 Å². The highest BCUT2D eigenvalue weighted by molar-refractivity contribution is 5.94. The van der Waals surface area contributed by atoms with Crippen molar-refractivity contribution in [2.24, 2.45) is 0 Å². The number of ether oxygens (including phenoxy) is 1. The van der Waals surface area contributed by atoms with E-state index in [-0.39, 0.29) is 5.91 Å². The number of amides is 1. The van der Waals surface area contributed by atoms with Crippen LogP contribution in [0.2, 0.25) is 0 Å². The van der Waals surface area contributed by atoms with Gasteiger partial charge in [-0.15, -0.1) is 0 Å². The molecule has 0 aliphatic carbocycles. The van der Waals surface area contributed by atoms with Gasteiger partial charge in [-0.05, 0) is 42.5 Å². The number of hydrogen-bond acceptors (Lipinski definition) is 5. The van der Waals surface area contributed by atoms with E-state index < -0.39 is 0 Å². The van der Waals surface area contributed by atoms with Crippen molar-refractivity contribution in [1.29, 1.82) is 0 Å². The number of nitrogens with zero attached hydrogens (tertiary/aromatic N) is 5. The Morgan fingerprint density at radius 2 is 1.82 bits per heavy atom. The van der Waals surface area contributed by atoms with Gasteiger partial charge in [0.05, 0.1) is 19.5 Å². The molecular weight excluding hydrogens is 354 g/mol. The summed E-state index contributed by atoms with van der Waals surface area (Å²) in [7, 11) is 1.62. The molecular formula is C21H23N5O2. The van der Waals surface area contributed by atoms with Gasteiger partial charge >= 0.3 is 0 Å². The highest BCUT2D eigenvalue weighted by Crippen LogP contribution is 2.19. The van der Waals surface area contributed by atoms with E-state index in [9.17, 15) is 4.79 Å². The fourth-order valence-corrected chi connectivity index (χ4v) is 3.40. The number of carbonyl (C=O) groups excluding carboxylic acids is 1. The predicted molar refractivity (Wildman–Crippen MR) is 106 cm³/mol. The average Bonchev–Trinajstić information content (AvgIpc) is 3.22. The average molecular weight is 377 g/mol. The molecule has 2 aromatic heterocycles. The molecule has 1 aliphatic rings. The first-order chi connectivity index (χ1) is 13.7. The van der Waals surface area contributed by atoms with Crippen LogP contribution in [0.3, 0.4) is 0 Å². The summed E-state index contributed by atoms with van der Waals surface area (Å²) in [6.45, 7) is 3.73. The molecule has 0 N–H and O–H groups in total. The molecule has 1 aliphatic heterocycles. The standard InChI is InChI=1S/C21H23N5O2/c1-28-19-6-4-17(5-7-19)21(27)25-13-11-24(12-14-25)16-26-20(8-10-23-26)18-3-2-9-22-15-18/h2-10,15H,11-14,16H2,1H3. The monoisotopic (exact) mass is 377 g/mol. The van der Waals surface area contributed by atoms with E-state index in [0.29, 0.717) is 25.3 Å². The molecule has 4 rings (SSSR count). The van der Waals surface area contributed by atoms with Crippen molar-refractivity contribution in [2.75, 3.05) is 33.3 Å². The van der Waals surface area contributed by atoms with Crippen LogP contribution in [0.15, 0.2) is 61.1 Å². The minimum Gasteiger partial charge on any atom is -0.497 e. The van der Waals surface area contributed by atoms with Gasteiger partial charge in [-0.25, -0.2) is 0 Å². The van der Waals surface area contributed by atoms with Crippen LogP contribution in [-0.2, 0) is 6.67 Å². The number of rotatable bonds is 5. The summed E-state index contributed by atoms with van der Waals surface area (Å²) >= 11 is 0. The first-order valence-electron chi connectivity index (χ1n) is 9.32. The second-order valence-electron chi connectivity index (χ2n) is 6.74. The largest absolute Gasteiger partial charge is 0.497 e. The van der Waals surface area contributed by atoms with Gasteiger partial charge in [-0.2, -0.15) is 5.10 Å². The van der Waals surface area contributed by atoms with Crippen molar-refractivity contribution in [3.63, 3.8) is 0 Å². The molecule has 3 heterocycles. The number of piperazine rings is 1. The summed E-state index contributed by atoms with van der Waals surface area (Å²) in [6.07, 6.45) is 5.42. The molecule has 28 heavy (non-hydrogen) atoms. The molecule has 0 saturated carbocycles. The lowest BCUT2D eigenvalue weighted by molar-refractivity contribution is 0.0588. The number of pyridine rings is 1. The van der Waals surface area contributed by atoms with E-state index in [0.717, 1.165) is 30.1 Å². The van der Waals surface area contributed by atoms with E-state index >= 15 is 0 Å². The predicted octanol–water partition coefficient (Wildman–Crippen LogP) is 2.37. The number of hydrogen-bond donors (Lipinski definition) is 0. The first-order valence-corrected chi connectivity index (χ1v) is 9.32. The smallest absolute Gasteiger partial charge is 0.253 e. The van der Waals surface area contributed by atoms with Crippen LogP contribution < -0.4 is 4.74 Å². The van der Waals surface area contributed by atoms with Crippen LogP contribution in [0, 0.1) is 0 Å². The maximum absolute atomic E-state index is 12.7. The molecule has 7 heteroatoms. The Morgan fingerprint density at radius 3 is 2.50 bits per heavy atom. The Morgan fingerprint density at radius 1 is 1.04 bits per heavy atom. The van der Waals surface area contributed by atoms with Crippen molar-refractivity contribution in [2.45, 2.75) is 6.67 Å². The van der Waals surface area contributed by atoms with Gasteiger partial charge in [0.15, 0.2) is 0 Å². The van der Waals surface area contributed by atoms with Crippen LogP contribution in [0.5, 0.6) is 5.75 Å². The van der Waals surface area contributed by atoms with Crippen LogP contribution in [-0.4, -0.2) is 63.8 Å². The molecule has 0 unspecified atom stereocenters. The Balaban J connectivity index is 1.36. The van der Waals surface area contributed by atoms with E-state index in [4.69, 9.17) is 4.74 Å². The number of aromatic nitrogens is 3. The Kier molecular flexibility index (Phi) is 5.34. The maximum atomic E-state index is 12.7. The van der Waals surface area contributed by atoms with Crippen molar-refractivity contribution >= 4 is 5.91 Å². The highest BCUT2D eigenvalue weighted by Gasteiger charge is 2.23. The molecule has 1 saturated heterocycles. The van der Waals surface area contributed by atoms with Gasteiger partial charge in [-0.1, -0.05) is 0 Å². The van der Waals surface area contributed by atoms with Gasteiger partial charge in [0.25, 0.3) is 5.91 Å². The zero-order valence-corrected chi connectivity index (χ0v) is 15.9. The van der Waals surface area contributed by atoms with Crippen LogP contribution >= 0.6 is 0 Å². The lowest BCUT2D eigenvalue weighted by atomic mass is 10.1. The molecule has 1 amide bonds.